The lowest BCUT2D eigenvalue weighted by atomic mass is 9.82. The smallest absolute Gasteiger partial charge is 0.196 e. The van der Waals surface area contributed by atoms with Gasteiger partial charge in [0.25, 0.3) is 0 Å². The Morgan fingerprint density at radius 3 is 1.27 bits per heavy atom. The van der Waals surface area contributed by atoms with Crippen molar-refractivity contribution in [3.05, 3.63) is 118 Å². The van der Waals surface area contributed by atoms with Crippen molar-refractivity contribution in [2.24, 2.45) is 0 Å². The third-order valence-corrected chi connectivity index (χ3v) is 7.68. The van der Waals surface area contributed by atoms with Gasteiger partial charge in [0, 0.05) is 22.5 Å². The summed E-state index contributed by atoms with van der Waals surface area (Å²) in [6.07, 6.45) is 9.39. The molecule has 0 amide bonds. The van der Waals surface area contributed by atoms with Gasteiger partial charge in [-0.3, -0.25) is 9.59 Å². The normalized spacial score (nSPS) is 12.2. The first-order valence-corrected chi connectivity index (χ1v) is 14.7. The van der Waals surface area contributed by atoms with Crippen molar-refractivity contribution in [3.63, 3.8) is 0 Å². The molecule has 4 aromatic carbocycles. The molecule has 0 bridgehead atoms. The molecule has 4 nitrogen and oxygen atoms in total. The van der Waals surface area contributed by atoms with Crippen LogP contribution >= 0.6 is 0 Å². The summed E-state index contributed by atoms with van der Waals surface area (Å²) in [5.74, 6) is -0.280. The van der Waals surface area contributed by atoms with E-state index < -0.39 is 0 Å². The Morgan fingerprint density at radius 1 is 0.500 bits per heavy atom. The Labute approximate surface area is 237 Å². The van der Waals surface area contributed by atoms with Crippen molar-refractivity contribution in [1.82, 2.24) is 0 Å². The zero-order chi connectivity index (χ0) is 27.9. The van der Waals surface area contributed by atoms with Crippen LogP contribution in [-0.2, 0) is 12.8 Å². The number of aryl methyl sites for hydroxylation is 2. The number of carbonyl (C=O) groups is 2. The van der Waals surface area contributed by atoms with E-state index in [4.69, 9.17) is 0 Å². The molecular weight excluding hydrogens is 492 g/mol. The lowest BCUT2D eigenvalue weighted by molar-refractivity contribution is 0.0980. The molecule has 0 saturated carbocycles. The van der Waals surface area contributed by atoms with Crippen molar-refractivity contribution < 1.29 is 9.59 Å². The van der Waals surface area contributed by atoms with Gasteiger partial charge in [0.1, 0.15) is 0 Å². The lowest BCUT2D eigenvalue weighted by Crippen LogP contribution is -2.23. The third kappa shape index (κ3) is 6.02. The molecule has 1 aliphatic rings. The summed E-state index contributed by atoms with van der Waals surface area (Å²) < 4.78 is 0. The van der Waals surface area contributed by atoms with Crippen LogP contribution in [0.4, 0.5) is 22.7 Å². The van der Waals surface area contributed by atoms with Gasteiger partial charge in [-0.15, -0.1) is 0 Å². The zero-order valence-corrected chi connectivity index (χ0v) is 23.6. The molecular formula is C36H38N2O2. The number of unbranched alkanes of at least 4 members (excludes halogenated alkanes) is 4. The van der Waals surface area contributed by atoms with Gasteiger partial charge in [-0.25, -0.2) is 0 Å². The van der Waals surface area contributed by atoms with Crippen LogP contribution in [0.2, 0.25) is 0 Å². The second kappa shape index (κ2) is 12.8. The molecule has 1 aliphatic carbocycles. The first-order chi connectivity index (χ1) is 19.6. The van der Waals surface area contributed by atoms with E-state index >= 15 is 0 Å². The van der Waals surface area contributed by atoms with Gasteiger partial charge < -0.3 is 10.6 Å². The van der Waals surface area contributed by atoms with Crippen LogP contribution in [0.3, 0.4) is 0 Å². The van der Waals surface area contributed by atoms with E-state index in [1.54, 1.807) is 12.1 Å². The number of fused-ring (bicyclic) bond motifs is 2. The molecule has 5 rings (SSSR count). The molecule has 2 N–H and O–H groups in total. The fourth-order valence-electron chi connectivity index (χ4n) is 5.43. The summed E-state index contributed by atoms with van der Waals surface area (Å²) in [4.78, 5) is 27.6. The minimum absolute atomic E-state index is 0.140. The molecule has 204 valence electrons. The molecule has 0 spiro atoms. The number of ketones is 2. The molecule has 4 aromatic rings. The Kier molecular flexibility index (Phi) is 8.75. The van der Waals surface area contributed by atoms with Gasteiger partial charge in [-0.05, 0) is 73.2 Å². The monoisotopic (exact) mass is 530 g/mol. The Morgan fingerprint density at radius 2 is 0.900 bits per heavy atom. The second-order valence-corrected chi connectivity index (χ2v) is 10.7. The van der Waals surface area contributed by atoms with E-state index in [0.717, 1.165) is 24.2 Å². The van der Waals surface area contributed by atoms with E-state index in [9.17, 15) is 9.59 Å². The Bertz CT molecular complexity index is 1370. The molecule has 0 unspecified atom stereocenters. The van der Waals surface area contributed by atoms with E-state index in [0.29, 0.717) is 33.6 Å². The van der Waals surface area contributed by atoms with Gasteiger partial charge in [-0.1, -0.05) is 88.1 Å². The summed E-state index contributed by atoms with van der Waals surface area (Å²) >= 11 is 0. The van der Waals surface area contributed by atoms with Crippen LogP contribution in [0, 0.1) is 0 Å². The molecule has 0 atom stereocenters. The largest absolute Gasteiger partial charge is 0.355 e. The summed E-state index contributed by atoms with van der Waals surface area (Å²) in [7, 11) is 0. The highest BCUT2D eigenvalue weighted by molar-refractivity contribution is 6.32. The number of carbonyl (C=O) groups excluding carboxylic acids is 2. The lowest BCUT2D eigenvalue weighted by Gasteiger charge is -2.23. The maximum atomic E-state index is 13.8. The van der Waals surface area contributed by atoms with Crippen molar-refractivity contribution in [2.45, 2.75) is 65.2 Å². The predicted molar refractivity (Wildman–Crippen MR) is 166 cm³/mol. The van der Waals surface area contributed by atoms with Gasteiger partial charge >= 0.3 is 0 Å². The average molecular weight is 531 g/mol. The van der Waals surface area contributed by atoms with Crippen LogP contribution < -0.4 is 10.6 Å². The van der Waals surface area contributed by atoms with Crippen molar-refractivity contribution in [2.75, 3.05) is 10.6 Å². The summed E-state index contributed by atoms with van der Waals surface area (Å²) in [6.45, 7) is 4.42. The third-order valence-electron chi connectivity index (χ3n) is 7.68. The number of nitrogens with one attached hydrogen (secondary N) is 2. The molecule has 0 heterocycles. The maximum absolute atomic E-state index is 13.8. The quantitative estimate of drug-likeness (QED) is 0.158. The number of anilines is 4. The van der Waals surface area contributed by atoms with Crippen LogP contribution in [0.15, 0.2) is 84.9 Å². The number of rotatable bonds is 12. The second-order valence-electron chi connectivity index (χ2n) is 10.7. The summed E-state index contributed by atoms with van der Waals surface area (Å²) in [6, 6.07) is 27.6. The Hall–Kier alpha value is -4.18. The summed E-state index contributed by atoms with van der Waals surface area (Å²) in [5, 5.41) is 6.79. The van der Waals surface area contributed by atoms with E-state index in [1.807, 2.05) is 48.5 Å². The van der Waals surface area contributed by atoms with Crippen LogP contribution in [0.25, 0.3) is 0 Å². The van der Waals surface area contributed by atoms with Gasteiger partial charge in [0.05, 0.1) is 22.5 Å². The minimum Gasteiger partial charge on any atom is -0.355 e. The molecule has 0 fully saturated rings. The van der Waals surface area contributed by atoms with E-state index in [-0.39, 0.29) is 11.6 Å². The first-order valence-electron chi connectivity index (χ1n) is 14.7. The summed E-state index contributed by atoms with van der Waals surface area (Å²) in [5.41, 5.74) is 7.43. The fourth-order valence-corrected chi connectivity index (χ4v) is 5.43. The SMILES string of the molecule is CCCCCc1ccc(Nc2cccc3c2C(=O)c2cccc(Nc4ccc(CCCCC)cc4)c2C3=O)cc1. The van der Waals surface area contributed by atoms with Gasteiger partial charge in [-0.2, -0.15) is 0 Å². The minimum atomic E-state index is -0.140. The van der Waals surface area contributed by atoms with Crippen molar-refractivity contribution in [3.8, 4) is 0 Å². The van der Waals surface area contributed by atoms with Crippen molar-refractivity contribution >= 4 is 34.3 Å². The molecule has 0 saturated heterocycles. The molecule has 0 aliphatic heterocycles. The topological polar surface area (TPSA) is 58.2 Å². The number of benzene rings is 4. The number of hydrogen-bond donors (Lipinski definition) is 2. The molecule has 0 aromatic heterocycles. The highest BCUT2D eigenvalue weighted by Crippen LogP contribution is 2.37. The van der Waals surface area contributed by atoms with Gasteiger partial charge in [0.15, 0.2) is 11.6 Å². The average Bonchev–Trinajstić information content (AvgIpc) is 2.98. The first kappa shape index (κ1) is 27.4. The number of hydrogen-bond acceptors (Lipinski definition) is 4. The van der Waals surface area contributed by atoms with Crippen molar-refractivity contribution in [1.29, 1.82) is 0 Å². The zero-order valence-electron chi connectivity index (χ0n) is 23.6. The Balaban J connectivity index is 1.37. The van der Waals surface area contributed by atoms with E-state index in [2.05, 4.69) is 48.7 Å². The van der Waals surface area contributed by atoms with Crippen LogP contribution in [-0.4, -0.2) is 11.6 Å². The van der Waals surface area contributed by atoms with Gasteiger partial charge in [0.2, 0.25) is 0 Å². The van der Waals surface area contributed by atoms with Crippen LogP contribution in [0.1, 0.15) is 95.3 Å². The molecule has 4 heteroatoms. The van der Waals surface area contributed by atoms with E-state index in [1.165, 1.54) is 49.7 Å². The molecule has 0 radical (unpaired) electrons. The molecule has 40 heavy (non-hydrogen) atoms. The highest BCUT2D eigenvalue weighted by atomic mass is 16.1. The highest BCUT2D eigenvalue weighted by Gasteiger charge is 2.33. The predicted octanol–water partition coefficient (Wildman–Crippen LogP) is 9.41. The standard InChI is InChI=1S/C36H38N2O2/c1-3-5-7-11-25-17-21-27(22-18-25)37-31-15-9-13-29-33(31)35(39)30-14-10-16-32(34(30)36(29)40)38-28-23-19-26(20-24-28)12-8-6-4-2/h9-10,13-24,37-38H,3-8,11-12H2,1-2H3. The fraction of sp³-hybridized carbons (Fsp3) is 0.278. The maximum Gasteiger partial charge on any atom is 0.196 e. The van der Waals surface area contributed by atoms with Crippen LogP contribution in [0.5, 0.6) is 0 Å².